The summed E-state index contributed by atoms with van der Waals surface area (Å²) in [6.45, 7) is 8.83. The molecule has 6 heteroatoms. The predicted octanol–water partition coefficient (Wildman–Crippen LogP) is 4.12. The molecule has 28 heavy (non-hydrogen) atoms. The van der Waals surface area contributed by atoms with Crippen LogP contribution in [0.4, 0.5) is 0 Å². The fourth-order valence-electron chi connectivity index (χ4n) is 3.08. The number of carbonyl (C=O) groups excluding carboxylic acids is 3. The second-order valence-electron chi connectivity index (χ2n) is 6.94. The van der Waals surface area contributed by atoms with Gasteiger partial charge in [-0.3, -0.25) is 14.4 Å². The zero-order valence-corrected chi connectivity index (χ0v) is 17.0. The molecule has 0 unspecified atom stereocenters. The number of aryl methyl sites for hydroxylation is 2. The molecule has 0 aliphatic rings. The van der Waals surface area contributed by atoms with Gasteiger partial charge < -0.3 is 14.5 Å². The Hall–Kier alpha value is -2.89. The number of nitrogens with one attached hydrogen (secondary N) is 1. The Labute approximate surface area is 165 Å². The SMILES string of the molecule is CC(=O)c1c(C)[nH]c(C(=O)[C@H](C)OC(=O)CCCOc2ccc(C)cc2)c1C. The van der Waals surface area contributed by atoms with Gasteiger partial charge in [-0.2, -0.15) is 0 Å². The third-order valence-corrected chi connectivity index (χ3v) is 4.53. The topological polar surface area (TPSA) is 85.5 Å². The van der Waals surface area contributed by atoms with Crippen LogP contribution in [0.1, 0.15) is 64.4 Å². The molecule has 0 saturated heterocycles. The third kappa shape index (κ3) is 5.31. The number of Topliss-reactive ketones (excluding diaryl/α,β-unsaturated/α-hetero) is 2. The second-order valence-corrected chi connectivity index (χ2v) is 6.94. The van der Waals surface area contributed by atoms with Gasteiger partial charge in [-0.05, 0) is 58.7 Å². The highest BCUT2D eigenvalue weighted by Gasteiger charge is 2.25. The Morgan fingerprint density at radius 2 is 1.71 bits per heavy atom. The summed E-state index contributed by atoms with van der Waals surface area (Å²) >= 11 is 0. The van der Waals surface area contributed by atoms with Crippen LogP contribution in [-0.2, 0) is 9.53 Å². The lowest BCUT2D eigenvalue weighted by atomic mass is 10.0. The summed E-state index contributed by atoms with van der Waals surface area (Å²) in [4.78, 5) is 39.3. The van der Waals surface area contributed by atoms with E-state index in [2.05, 4.69) is 4.98 Å². The maximum atomic E-state index is 12.6. The molecule has 0 saturated carbocycles. The molecule has 0 fully saturated rings. The number of ether oxygens (including phenoxy) is 2. The van der Waals surface area contributed by atoms with Crippen molar-refractivity contribution in [1.29, 1.82) is 0 Å². The molecular weight excluding hydrogens is 358 g/mol. The standard InChI is InChI=1S/C22H27NO5/c1-13-8-10-18(11-9-13)27-12-6-7-19(25)28-17(5)22(26)21-14(2)20(16(4)24)15(3)23-21/h8-11,17,23H,6-7,12H2,1-5H3/t17-/m0/s1. The molecule has 1 N–H and O–H groups in total. The van der Waals surface area contributed by atoms with Gasteiger partial charge in [0, 0.05) is 17.7 Å². The van der Waals surface area contributed by atoms with Crippen molar-refractivity contribution in [2.45, 2.75) is 53.6 Å². The van der Waals surface area contributed by atoms with Crippen molar-refractivity contribution >= 4 is 17.5 Å². The fraction of sp³-hybridized carbons (Fsp3) is 0.409. The van der Waals surface area contributed by atoms with Crippen molar-refractivity contribution in [3.05, 3.63) is 52.3 Å². The predicted molar refractivity (Wildman–Crippen MR) is 106 cm³/mol. The molecule has 1 aromatic heterocycles. The number of hydrogen-bond donors (Lipinski definition) is 1. The molecule has 0 radical (unpaired) electrons. The summed E-state index contributed by atoms with van der Waals surface area (Å²) in [6.07, 6.45) is -0.282. The largest absolute Gasteiger partial charge is 0.494 e. The van der Waals surface area contributed by atoms with Crippen LogP contribution in [0.25, 0.3) is 0 Å². The molecule has 0 bridgehead atoms. The van der Waals surface area contributed by atoms with E-state index in [1.807, 2.05) is 31.2 Å². The van der Waals surface area contributed by atoms with Gasteiger partial charge in [-0.15, -0.1) is 0 Å². The van der Waals surface area contributed by atoms with Crippen molar-refractivity contribution < 1.29 is 23.9 Å². The zero-order valence-electron chi connectivity index (χ0n) is 17.0. The average molecular weight is 385 g/mol. The Bertz CT molecular complexity index is 864. The van der Waals surface area contributed by atoms with Crippen LogP contribution in [0.5, 0.6) is 5.75 Å². The monoisotopic (exact) mass is 385 g/mol. The molecule has 6 nitrogen and oxygen atoms in total. The van der Waals surface area contributed by atoms with Crippen LogP contribution >= 0.6 is 0 Å². The maximum Gasteiger partial charge on any atom is 0.306 e. The number of ketones is 2. The number of hydrogen-bond acceptors (Lipinski definition) is 5. The lowest BCUT2D eigenvalue weighted by Crippen LogP contribution is -2.25. The molecule has 0 aliphatic carbocycles. The van der Waals surface area contributed by atoms with Gasteiger partial charge >= 0.3 is 5.97 Å². The molecule has 1 atom stereocenters. The molecule has 2 aromatic rings. The minimum Gasteiger partial charge on any atom is -0.494 e. The molecule has 0 amide bonds. The van der Waals surface area contributed by atoms with Crippen molar-refractivity contribution in [2.75, 3.05) is 6.61 Å². The Morgan fingerprint density at radius 1 is 1.07 bits per heavy atom. The number of carbonyl (C=O) groups is 3. The Balaban J connectivity index is 1.83. The van der Waals surface area contributed by atoms with Gasteiger partial charge in [0.05, 0.1) is 12.3 Å². The highest BCUT2D eigenvalue weighted by Crippen LogP contribution is 2.20. The van der Waals surface area contributed by atoms with E-state index in [1.165, 1.54) is 13.8 Å². The quantitative estimate of drug-likeness (QED) is 0.399. The van der Waals surface area contributed by atoms with Crippen LogP contribution < -0.4 is 4.74 Å². The maximum absolute atomic E-state index is 12.6. The summed E-state index contributed by atoms with van der Waals surface area (Å²) < 4.78 is 10.8. The van der Waals surface area contributed by atoms with E-state index in [-0.39, 0.29) is 18.0 Å². The smallest absolute Gasteiger partial charge is 0.306 e. The number of rotatable bonds is 9. The summed E-state index contributed by atoms with van der Waals surface area (Å²) in [5.41, 5.74) is 3.20. The molecule has 1 aromatic carbocycles. The van der Waals surface area contributed by atoms with E-state index >= 15 is 0 Å². The van der Waals surface area contributed by atoms with E-state index in [4.69, 9.17) is 9.47 Å². The van der Waals surface area contributed by atoms with Crippen molar-refractivity contribution in [1.82, 2.24) is 4.98 Å². The van der Waals surface area contributed by atoms with Crippen LogP contribution in [0.15, 0.2) is 24.3 Å². The van der Waals surface area contributed by atoms with E-state index in [1.54, 1.807) is 13.8 Å². The van der Waals surface area contributed by atoms with Crippen LogP contribution in [0, 0.1) is 20.8 Å². The van der Waals surface area contributed by atoms with Crippen LogP contribution in [-0.4, -0.2) is 35.2 Å². The lowest BCUT2D eigenvalue weighted by Gasteiger charge is -2.12. The highest BCUT2D eigenvalue weighted by atomic mass is 16.5. The number of H-pyrrole nitrogens is 1. The van der Waals surface area contributed by atoms with Crippen LogP contribution in [0.2, 0.25) is 0 Å². The summed E-state index contributed by atoms with van der Waals surface area (Å²) in [5, 5.41) is 0. The molecular formula is C22H27NO5. The first kappa shape index (κ1) is 21.4. The minimum atomic E-state index is -0.929. The van der Waals surface area contributed by atoms with Gasteiger partial charge in [0.15, 0.2) is 11.9 Å². The number of esters is 1. The number of aromatic amines is 1. The normalized spacial score (nSPS) is 11.8. The van der Waals surface area contributed by atoms with Gasteiger partial charge in [-0.25, -0.2) is 0 Å². The minimum absolute atomic E-state index is 0.108. The van der Waals surface area contributed by atoms with Gasteiger partial charge in [0.25, 0.3) is 0 Å². The Morgan fingerprint density at radius 3 is 2.29 bits per heavy atom. The fourth-order valence-corrected chi connectivity index (χ4v) is 3.08. The van der Waals surface area contributed by atoms with Crippen molar-refractivity contribution in [3.8, 4) is 5.75 Å². The number of aromatic nitrogens is 1. The third-order valence-electron chi connectivity index (χ3n) is 4.53. The highest BCUT2D eigenvalue weighted by molar-refractivity contribution is 6.05. The first-order valence-corrected chi connectivity index (χ1v) is 9.34. The average Bonchev–Trinajstić information content (AvgIpc) is 2.93. The molecule has 2 rings (SSSR count). The molecule has 0 spiro atoms. The molecule has 1 heterocycles. The van der Waals surface area contributed by atoms with Gasteiger partial charge in [0.2, 0.25) is 5.78 Å². The van der Waals surface area contributed by atoms with Crippen molar-refractivity contribution in [2.24, 2.45) is 0 Å². The first-order valence-electron chi connectivity index (χ1n) is 9.34. The number of benzene rings is 1. The zero-order chi connectivity index (χ0) is 20.8. The van der Waals surface area contributed by atoms with E-state index in [0.717, 1.165) is 11.3 Å². The van der Waals surface area contributed by atoms with E-state index in [0.29, 0.717) is 35.5 Å². The second kappa shape index (κ2) is 9.35. The Kier molecular flexibility index (Phi) is 7.15. The summed E-state index contributed by atoms with van der Waals surface area (Å²) in [7, 11) is 0. The van der Waals surface area contributed by atoms with E-state index < -0.39 is 12.1 Å². The molecule has 0 aliphatic heterocycles. The summed E-state index contributed by atoms with van der Waals surface area (Å²) in [6, 6.07) is 7.67. The summed E-state index contributed by atoms with van der Waals surface area (Å²) in [5.74, 6) is -0.164. The van der Waals surface area contributed by atoms with Crippen LogP contribution in [0.3, 0.4) is 0 Å². The van der Waals surface area contributed by atoms with Gasteiger partial charge in [-0.1, -0.05) is 17.7 Å². The van der Waals surface area contributed by atoms with E-state index in [9.17, 15) is 14.4 Å². The molecule has 150 valence electrons. The first-order chi connectivity index (χ1) is 13.2. The lowest BCUT2D eigenvalue weighted by molar-refractivity contribution is -0.146. The van der Waals surface area contributed by atoms with Crippen molar-refractivity contribution in [3.63, 3.8) is 0 Å². The van der Waals surface area contributed by atoms with Gasteiger partial charge in [0.1, 0.15) is 5.75 Å².